The summed E-state index contributed by atoms with van der Waals surface area (Å²) in [6.07, 6.45) is 1.73. The van der Waals surface area contributed by atoms with Crippen molar-refractivity contribution in [1.29, 1.82) is 0 Å². The van der Waals surface area contributed by atoms with Gasteiger partial charge in [-0.05, 0) is 38.5 Å². The molecular formula is C20H28N4O2. The Balaban J connectivity index is 1.97. The Kier molecular flexibility index (Phi) is 7.74. The van der Waals surface area contributed by atoms with Gasteiger partial charge in [-0.3, -0.25) is 4.99 Å². The number of rotatable bonds is 8. The van der Waals surface area contributed by atoms with Gasteiger partial charge in [0.2, 0.25) is 5.88 Å². The van der Waals surface area contributed by atoms with Crippen LogP contribution in [0.5, 0.6) is 11.6 Å². The minimum absolute atomic E-state index is 0.578. The monoisotopic (exact) mass is 356 g/mol. The Morgan fingerprint density at radius 2 is 1.77 bits per heavy atom. The normalized spacial score (nSPS) is 11.2. The maximum Gasteiger partial charge on any atom is 0.218 e. The van der Waals surface area contributed by atoms with Crippen LogP contribution < -0.4 is 20.1 Å². The lowest BCUT2D eigenvalue weighted by Crippen LogP contribution is -2.36. The molecule has 0 amide bonds. The third-order valence-electron chi connectivity index (χ3n) is 3.77. The molecule has 0 aliphatic carbocycles. The summed E-state index contributed by atoms with van der Waals surface area (Å²) >= 11 is 0. The van der Waals surface area contributed by atoms with Crippen molar-refractivity contribution in [3.8, 4) is 11.6 Å². The van der Waals surface area contributed by atoms with Gasteiger partial charge in [0, 0.05) is 37.5 Å². The van der Waals surface area contributed by atoms with Gasteiger partial charge in [-0.1, -0.05) is 18.2 Å². The highest BCUT2D eigenvalue weighted by Gasteiger charge is 2.07. The maximum absolute atomic E-state index is 5.73. The molecule has 1 aromatic carbocycles. The predicted molar refractivity (Wildman–Crippen MR) is 105 cm³/mol. The fourth-order valence-corrected chi connectivity index (χ4v) is 2.50. The van der Waals surface area contributed by atoms with Crippen molar-refractivity contribution in [2.45, 2.75) is 33.9 Å². The number of benzene rings is 1. The number of hydrogen-bond donors (Lipinski definition) is 2. The van der Waals surface area contributed by atoms with Gasteiger partial charge in [-0.2, -0.15) is 0 Å². The van der Waals surface area contributed by atoms with E-state index in [1.54, 1.807) is 13.2 Å². The fraction of sp³-hybridized carbons (Fsp3) is 0.400. The Bertz CT molecular complexity index is 732. The average Bonchev–Trinajstić information content (AvgIpc) is 2.65. The molecule has 2 rings (SSSR count). The molecule has 2 N–H and O–H groups in total. The van der Waals surface area contributed by atoms with E-state index in [0.717, 1.165) is 16.9 Å². The van der Waals surface area contributed by atoms with Crippen LogP contribution in [0.1, 0.15) is 30.5 Å². The lowest BCUT2D eigenvalue weighted by atomic mass is 10.1. The van der Waals surface area contributed by atoms with Crippen molar-refractivity contribution in [1.82, 2.24) is 15.6 Å². The predicted octanol–water partition coefficient (Wildman–Crippen LogP) is 3.05. The van der Waals surface area contributed by atoms with Crippen LogP contribution >= 0.6 is 0 Å². The number of aromatic nitrogens is 1. The van der Waals surface area contributed by atoms with Crippen LogP contribution in [0, 0.1) is 6.92 Å². The largest absolute Gasteiger partial charge is 0.494 e. The summed E-state index contributed by atoms with van der Waals surface area (Å²) in [5.41, 5.74) is 3.26. The van der Waals surface area contributed by atoms with Gasteiger partial charge < -0.3 is 20.1 Å². The third-order valence-corrected chi connectivity index (χ3v) is 3.77. The summed E-state index contributed by atoms with van der Waals surface area (Å²) in [4.78, 5) is 8.55. The maximum atomic E-state index is 5.73. The van der Waals surface area contributed by atoms with Crippen molar-refractivity contribution in [2.24, 2.45) is 4.99 Å². The lowest BCUT2D eigenvalue weighted by Gasteiger charge is -2.15. The summed E-state index contributed by atoms with van der Waals surface area (Å²) in [5.74, 6) is 2.26. The van der Waals surface area contributed by atoms with Gasteiger partial charge in [-0.25, -0.2) is 4.98 Å². The molecule has 0 spiro atoms. The van der Waals surface area contributed by atoms with Gasteiger partial charge in [-0.15, -0.1) is 0 Å². The van der Waals surface area contributed by atoms with Gasteiger partial charge in [0.25, 0.3) is 0 Å². The van der Waals surface area contributed by atoms with E-state index >= 15 is 0 Å². The van der Waals surface area contributed by atoms with Gasteiger partial charge in [0.1, 0.15) is 5.75 Å². The minimum atomic E-state index is 0.578. The number of nitrogens with one attached hydrogen (secondary N) is 2. The molecule has 26 heavy (non-hydrogen) atoms. The number of ether oxygens (including phenoxy) is 2. The van der Waals surface area contributed by atoms with Crippen LogP contribution in [0.15, 0.2) is 41.5 Å². The van der Waals surface area contributed by atoms with Crippen molar-refractivity contribution >= 4 is 5.96 Å². The van der Waals surface area contributed by atoms with Crippen LogP contribution in [0.2, 0.25) is 0 Å². The molecule has 1 heterocycles. The molecule has 140 valence electrons. The second kappa shape index (κ2) is 10.3. The summed E-state index contributed by atoms with van der Waals surface area (Å²) < 4.78 is 11.3. The Hall–Kier alpha value is -2.76. The molecule has 0 unspecified atom stereocenters. The molecule has 0 radical (unpaired) electrons. The minimum Gasteiger partial charge on any atom is -0.494 e. The lowest BCUT2D eigenvalue weighted by molar-refractivity contribution is 0.322. The Morgan fingerprint density at radius 3 is 2.46 bits per heavy atom. The number of pyridine rings is 1. The number of hydrogen-bond acceptors (Lipinski definition) is 4. The molecular weight excluding hydrogens is 328 g/mol. The quantitative estimate of drug-likeness (QED) is 0.562. The summed E-state index contributed by atoms with van der Waals surface area (Å²) in [5, 5.41) is 6.62. The van der Waals surface area contributed by atoms with Crippen LogP contribution in [0.3, 0.4) is 0 Å². The van der Waals surface area contributed by atoms with E-state index in [1.165, 1.54) is 5.56 Å². The second-order valence-corrected chi connectivity index (χ2v) is 5.72. The smallest absolute Gasteiger partial charge is 0.218 e. The molecule has 0 bridgehead atoms. The first-order valence-corrected chi connectivity index (χ1v) is 8.91. The number of aryl methyl sites for hydroxylation is 1. The fourth-order valence-electron chi connectivity index (χ4n) is 2.50. The van der Waals surface area contributed by atoms with E-state index in [-0.39, 0.29) is 0 Å². The van der Waals surface area contributed by atoms with E-state index in [0.29, 0.717) is 38.1 Å². The second-order valence-electron chi connectivity index (χ2n) is 5.72. The summed E-state index contributed by atoms with van der Waals surface area (Å²) in [6.45, 7) is 8.43. The molecule has 2 aromatic rings. The zero-order valence-electron chi connectivity index (χ0n) is 16.0. The van der Waals surface area contributed by atoms with Crippen molar-refractivity contribution in [2.75, 3.05) is 20.3 Å². The van der Waals surface area contributed by atoms with Gasteiger partial charge >= 0.3 is 0 Å². The topological polar surface area (TPSA) is 67.8 Å². The molecule has 0 aliphatic rings. The van der Waals surface area contributed by atoms with Crippen molar-refractivity contribution in [3.63, 3.8) is 0 Å². The van der Waals surface area contributed by atoms with Crippen LogP contribution in [0.4, 0.5) is 0 Å². The number of nitrogens with zero attached hydrogens (tertiary/aromatic N) is 2. The molecule has 0 fully saturated rings. The van der Waals surface area contributed by atoms with E-state index in [1.807, 2.05) is 26.0 Å². The molecule has 1 aromatic heterocycles. The Labute approximate surface area is 155 Å². The average molecular weight is 356 g/mol. The first kappa shape index (κ1) is 19.6. The molecule has 0 saturated carbocycles. The van der Waals surface area contributed by atoms with Gasteiger partial charge in [0.15, 0.2) is 5.96 Å². The zero-order chi connectivity index (χ0) is 18.8. The van der Waals surface area contributed by atoms with E-state index in [4.69, 9.17) is 9.47 Å². The number of guanidine groups is 1. The third kappa shape index (κ3) is 5.65. The van der Waals surface area contributed by atoms with Gasteiger partial charge in [0.05, 0.1) is 13.2 Å². The van der Waals surface area contributed by atoms with Crippen LogP contribution in [0.25, 0.3) is 0 Å². The molecule has 0 aliphatic heterocycles. The van der Waals surface area contributed by atoms with Crippen LogP contribution in [-0.2, 0) is 13.1 Å². The Morgan fingerprint density at radius 1 is 1.04 bits per heavy atom. The molecule has 6 heteroatoms. The molecule has 0 atom stereocenters. The highest BCUT2D eigenvalue weighted by atomic mass is 16.5. The summed E-state index contributed by atoms with van der Waals surface area (Å²) in [7, 11) is 1.75. The van der Waals surface area contributed by atoms with E-state index < -0.39 is 0 Å². The highest BCUT2D eigenvalue weighted by molar-refractivity contribution is 5.79. The summed E-state index contributed by atoms with van der Waals surface area (Å²) in [6, 6.07) is 10.1. The van der Waals surface area contributed by atoms with E-state index in [2.05, 4.69) is 45.7 Å². The molecule has 6 nitrogen and oxygen atoms in total. The standard InChI is InChI=1S/C20H28N4O2/c1-5-25-18-12-15(3)9-10-16(18)13-23-20(21-4)24-14-17-8-7-11-22-19(17)26-6-2/h7-12H,5-6,13-14H2,1-4H3,(H2,21,23,24). The van der Waals surface area contributed by atoms with Crippen molar-refractivity contribution < 1.29 is 9.47 Å². The first-order valence-electron chi connectivity index (χ1n) is 8.91. The van der Waals surface area contributed by atoms with Crippen molar-refractivity contribution in [3.05, 3.63) is 53.2 Å². The molecule has 0 saturated heterocycles. The van der Waals surface area contributed by atoms with E-state index in [9.17, 15) is 0 Å². The highest BCUT2D eigenvalue weighted by Crippen LogP contribution is 2.20. The zero-order valence-corrected chi connectivity index (χ0v) is 16.0. The first-order chi connectivity index (χ1) is 12.7. The van der Waals surface area contributed by atoms with Crippen LogP contribution in [-0.4, -0.2) is 31.2 Å². The SMILES string of the molecule is CCOc1cc(C)ccc1CNC(=NC)NCc1cccnc1OCC. The number of aliphatic imine (C=N–C) groups is 1.